The number of aromatic nitrogens is 1. The van der Waals surface area contributed by atoms with Crippen molar-refractivity contribution in [1.82, 2.24) is 4.98 Å². The van der Waals surface area contributed by atoms with Crippen molar-refractivity contribution in [3.8, 4) is 5.88 Å². The molecule has 0 aliphatic heterocycles. The maximum atomic E-state index is 10.5. The van der Waals surface area contributed by atoms with Crippen LogP contribution in [0.25, 0.3) is 17.0 Å². The van der Waals surface area contributed by atoms with E-state index in [2.05, 4.69) is 4.98 Å². The van der Waals surface area contributed by atoms with Gasteiger partial charge in [0.15, 0.2) is 0 Å². The van der Waals surface area contributed by atoms with E-state index in [0.29, 0.717) is 11.4 Å². The Morgan fingerprint density at radius 1 is 1.41 bits per heavy atom. The molecule has 0 saturated carbocycles. The largest absolute Gasteiger partial charge is 0.481 e. The number of pyridine rings is 1. The Morgan fingerprint density at radius 3 is 2.88 bits per heavy atom. The average molecular weight is 229 g/mol. The number of rotatable bonds is 3. The molecule has 0 aliphatic carbocycles. The van der Waals surface area contributed by atoms with E-state index in [1.54, 1.807) is 0 Å². The van der Waals surface area contributed by atoms with Gasteiger partial charge in [0.05, 0.1) is 12.6 Å². The van der Waals surface area contributed by atoms with Crippen LogP contribution in [0.5, 0.6) is 5.88 Å². The summed E-state index contributed by atoms with van der Waals surface area (Å²) in [7, 11) is 1.51. The van der Waals surface area contributed by atoms with E-state index in [4.69, 9.17) is 9.84 Å². The molecule has 1 aromatic heterocycles. The fourth-order valence-corrected chi connectivity index (χ4v) is 1.56. The first-order chi connectivity index (χ1) is 8.20. The van der Waals surface area contributed by atoms with Gasteiger partial charge in [0.25, 0.3) is 0 Å². The fourth-order valence-electron chi connectivity index (χ4n) is 1.56. The van der Waals surface area contributed by atoms with Crippen molar-refractivity contribution in [1.29, 1.82) is 0 Å². The van der Waals surface area contributed by atoms with Gasteiger partial charge in [0.1, 0.15) is 0 Å². The lowest BCUT2D eigenvalue weighted by Crippen LogP contribution is -1.93. The molecule has 0 atom stereocenters. The molecule has 0 saturated heterocycles. The van der Waals surface area contributed by atoms with Crippen molar-refractivity contribution in [2.45, 2.75) is 0 Å². The van der Waals surface area contributed by atoms with E-state index >= 15 is 0 Å². The normalized spacial score (nSPS) is 10.9. The van der Waals surface area contributed by atoms with Crippen LogP contribution in [0.2, 0.25) is 0 Å². The summed E-state index contributed by atoms with van der Waals surface area (Å²) < 4.78 is 5.13. The number of ether oxygens (including phenoxy) is 1. The third-order valence-electron chi connectivity index (χ3n) is 2.32. The van der Waals surface area contributed by atoms with Crippen LogP contribution in [0.15, 0.2) is 36.4 Å². The van der Waals surface area contributed by atoms with E-state index in [1.807, 2.05) is 30.3 Å². The Balaban J connectivity index is 2.56. The molecule has 0 unspecified atom stereocenters. The number of hydrogen-bond donors (Lipinski definition) is 1. The highest BCUT2D eigenvalue weighted by molar-refractivity contribution is 5.88. The second-order valence-electron chi connectivity index (χ2n) is 3.45. The lowest BCUT2D eigenvalue weighted by Gasteiger charge is -2.05. The molecule has 0 bridgehead atoms. The molecule has 4 nitrogen and oxygen atoms in total. The van der Waals surface area contributed by atoms with Crippen LogP contribution in [-0.4, -0.2) is 23.2 Å². The van der Waals surface area contributed by atoms with Crippen LogP contribution >= 0.6 is 0 Å². The summed E-state index contributed by atoms with van der Waals surface area (Å²) in [6.07, 6.45) is 2.54. The lowest BCUT2D eigenvalue weighted by molar-refractivity contribution is -0.131. The minimum atomic E-state index is -1.000. The molecule has 1 N–H and O–H groups in total. The zero-order chi connectivity index (χ0) is 12.3. The molecule has 0 amide bonds. The highest BCUT2D eigenvalue weighted by Crippen LogP contribution is 2.23. The third-order valence-corrected chi connectivity index (χ3v) is 2.32. The first-order valence-electron chi connectivity index (χ1n) is 5.05. The number of carboxylic acid groups (broad SMARTS) is 1. The molecule has 17 heavy (non-hydrogen) atoms. The number of nitrogens with zero attached hydrogens (tertiary/aromatic N) is 1. The fraction of sp³-hybridized carbons (Fsp3) is 0.0769. The molecule has 1 aromatic carbocycles. The van der Waals surface area contributed by atoms with Crippen LogP contribution in [-0.2, 0) is 4.79 Å². The Hall–Kier alpha value is -2.36. The Bertz CT molecular complexity index is 590. The van der Waals surface area contributed by atoms with E-state index in [1.165, 1.54) is 13.2 Å². The first-order valence-corrected chi connectivity index (χ1v) is 5.05. The summed E-state index contributed by atoms with van der Waals surface area (Å²) in [4.78, 5) is 14.8. The van der Waals surface area contributed by atoms with Crippen molar-refractivity contribution >= 4 is 22.9 Å². The number of para-hydroxylation sites is 1. The van der Waals surface area contributed by atoms with Crippen LogP contribution < -0.4 is 4.74 Å². The summed E-state index contributed by atoms with van der Waals surface area (Å²) in [6, 6.07) is 9.44. The molecule has 86 valence electrons. The summed E-state index contributed by atoms with van der Waals surface area (Å²) in [5, 5.41) is 9.55. The SMILES string of the molecule is COc1nc2ccccc2cc1C=CC(=O)O. The van der Waals surface area contributed by atoms with Gasteiger partial charge in [-0.1, -0.05) is 18.2 Å². The van der Waals surface area contributed by atoms with Gasteiger partial charge in [-0.05, 0) is 18.2 Å². The monoisotopic (exact) mass is 229 g/mol. The highest BCUT2D eigenvalue weighted by atomic mass is 16.5. The third kappa shape index (κ3) is 2.42. The van der Waals surface area contributed by atoms with Gasteiger partial charge in [0.2, 0.25) is 5.88 Å². The quantitative estimate of drug-likeness (QED) is 0.820. The van der Waals surface area contributed by atoms with Gasteiger partial charge in [-0.3, -0.25) is 0 Å². The van der Waals surface area contributed by atoms with Gasteiger partial charge in [-0.15, -0.1) is 0 Å². The highest BCUT2D eigenvalue weighted by Gasteiger charge is 2.04. The Kier molecular flexibility index (Phi) is 3.05. The summed E-state index contributed by atoms with van der Waals surface area (Å²) >= 11 is 0. The molecule has 2 rings (SSSR count). The number of benzene rings is 1. The Labute approximate surface area is 98.2 Å². The van der Waals surface area contributed by atoms with Crippen LogP contribution in [0.3, 0.4) is 0 Å². The molecule has 0 fully saturated rings. The zero-order valence-electron chi connectivity index (χ0n) is 9.25. The molecule has 0 aliphatic rings. The smallest absolute Gasteiger partial charge is 0.328 e. The van der Waals surface area contributed by atoms with Crippen molar-refractivity contribution in [3.63, 3.8) is 0 Å². The number of hydrogen-bond acceptors (Lipinski definition) is 3. The second-order valence-corrected chi connectivity index (χ2v) is 3.45. The van der Waals surface area contributed by atoms with Gasteiger partial charge >= 0.3 is 5.97 Å². The van der Waals surface area contributed by atoms with Crippen molar-refractivity contribution in [3.05, 3.63) is 42.0 Å². The first kappa shape index (κ1) is 11.1. The van der Waals surface area contributed by atoms with Crippen LogP contribution in [0.1, 0.15) is 5.56 Å². The van der Waals surface area contributed by atoms with Gasteiger partial charge in [-0.2, -0.15) is 0 Å². The van der Waals surface area contributed by atoms with E-state index < -0.39 is 5.97 Å². The van der Waals surface area contributed by atoms with Gasteiger partial charge in [0, 0.05) is 17.0 Å². The van der Waals surface area contributed by atoms with E-state index in [9.17, 15) is 4.79 Å². The van der Waals surface area contributed by atoms with Gasteiger partial charge < -0.3 is 9.84 Å². The number of carboxylic acids is 1. The number of fused-ring (bicyclic) bond motifs is 1. The summed E-state index contributed by atoms with van der Waals surface area (Å²) in [5.41, 5.74) is 1.46. The maximum Gasteiger partial charge on any atom is 0.328 e. The molecule has 1 heterocycles. The van der Waals surface area contributed by atoms with Gasteiger partial charge in [-0.25, -0.2) is 9.78 Å². The van der Waals surface area contributed by atoms with Crippen molar-refractivity contribution < 1.29 is 14.6 Å². The molecular formula is C13H11NO3. The van der Waals surface area contributed by atoms with Crippen LogP contribution in [0, 0.1) is 0 Å². The molecular weight excluding hydrogens is 218 g/mol. The molecule has 4 heteroatoms. The average Bonchev–Trinajstić information content (AvgIpc) is 2.35. The van der Waals surface area contributed by atoms with Crippen molar-refractivity contribution in [2.24, 2.45) is 0 Å². The molecule has 0 spiro atoms. The van der Waals surface area contributed by atoms with Crippen LogP contribution in [0.4, 0.5) is 0 Å². The minimum Gasteiger partial charge on any atom is -0.481 e. The number of aliphatic carboxylic acids is 1. The van der Waals surface area contributed by atoms with E-state index in [0.717, 1.165) is 17.0 Å². The molecule has 0 radical (unpaired) electrons. The lowest BCUT2D eigenvalue weighted by atomic mass is 10.1. The standard InChI is InChI=1S/C13H11NO3/c1-17-13-10(6-7-12(15)16)8-9-4-2-3-5-11(9)14-13/h2-8H,1H3,(H,15,16). The summed E-state index contributed by atoms with van der Waals surface area (Å²) in [6.45, 7) is 0. The molecule has 2 aromatic rings. The zero-order valence-corrected chi connectivity index (χ0v) is 9.25. The topological polar surface area (TPSA) is 59.4 Å². The minimum absolute atomic E-state index is 0.418. The maximum absolute atomic E-state index is 10.5. The predicted octanol–water partition coefficient (Wildman–Crippen LogP) is 2.34. The second kappa shape index (κ2) is 4.65. The predicted molar refractivity (Wildman–Crippen MR) is 65.0 cm³/mol. The number of methoxy groups -OCH3 is 1. The summed E-state index contributed by atoms with van der Waals surface area (Å²) in [5.74, 6) is -0.582. The van der Waals surface area contributed by atoms with Crippen molar-refractivity contribution in [2.75, 3.05) is 7.11 Å². The van der Waals surface area contributed by atoms with E-state index in [-0.39, 0.29) is 0 Å². The number of carbonyl (C=O) groups is 1. The Morgan fingerprint density at radius 2 is 2.18 bits per heavy atom.